The smallest absolute Gasteiger partial charge is 0.0944 e. The van der Waals surface area contributed by atoms with Crippen molar-refractivity contribution in [3.05, 3.63) is 15.6 Å². The predicted molar refractivity (Wildman–Crippen MR) is 84.9 cm³/mol. The minimum absolute atomic E-state index is 0.527. The van der Waals surface area contributed by atoms with Crippen LogP contribution in [0.25, 0.3) is 0 Å². The van der Waals surface area contributed by atoms with Crippen LogP contribution in [0.5, 0.6) is 0 Å². The zero-order valence-electron chi connectivity index (χ0n) is 13.3. The molecule has 19 heavy (non-hydrogen) atoms. The van der Waals surface area contributed by atoms with Crippen molar-refractivity contribution < 1.29 is 0 Å². The normalized spacial score (nSPS) is 12.1. The van der Waals surface area contributed by atoms with E-state index in [4.69, 9.17) is 4.98 Å². The molecule has 4 heteroatoms. The summed E-state index contributed by atoms with van der Waals surface area (Å²) in [5.41, 5.74) is 1.31. The maximum atomic E-state index is 4.85. The highest BCUT2D eigenvalue weighted by Gasteiger charge is 2.13. The lowest BCUT2D eigenvalue weighted by molar-refractivity contribution is 0.413. The van der Waals surface area contributed by atoms with Gasteiger partial charge in [0.2, 0.25) is 0 Å². The van der Waals surface area contributed by atoms with Gasteiger partial charge in [-0.2, -0.15) is 0 Å². The van der Waals surface area contributed by atoms with E-state index in [1.54, 1.807) is 0 Å². The highest BCUT2D eigenvalue weighted by atomic mass is 32.1. The first-order valence-corrected chi connectivity index (χ1v) is 8.05. The summed E-state index contributed by atoms with van der Waals surface area (Å²) in [5.74, 6) is 0.668. The fraction of sp³-hybridized carbons (Fsp3) is 0.800. The van der Waals surface area contributed by atoms with Crippen molar-refractivity contribution in [3.63, 3.8) is 0 Å². The summed E-state index contributed by atoms with van der Waals surface area (Å²) in [6.45, 7) is 10.9. The quantitative estimate of drug-likeness (QED) is 0.795. The van der Waals surface area contributed by atoms with Gasteiger partial charge in [0.1, 0.15) is 0 Å². The first-order chi connectivity index (χ1) is 8.88. The molecule has 0 bridgehead atoms. The molecule has 1 heterocycles. The molecule has 1 aromatic rings. The lowest BCUT2D eigenvalue weighted by atomic mass is 10.1. The summed E-state index contributed by atoms with van der Waals surface area (Å²) in [4.78, 5) is 8.50. The number of nitrogens with zero attached hydrogens (tertiary/aromatic N) is 2. The third kappa shape index (κ3) is 6.50. The van der Waals surface area contributed by atoms with Crippen molar-refractivity contribution in [2.45, 2.75) is 53.1 Å². The fourth-order valence-electron chi connectivity index (χ4n) is 1.84. The average molecular weight is 283 g/mol. The average Bonchev–Trinajstić information content (AvgIpc) is 2.65. The van der Waals surface area contributed by atoms with Gasteiger partial charge in [-0.3, -0.25) is 0 Å². The highest BCUT2D eigenvalue weighted by Crippen LogP contribution is 2.22. The Morgan fingerprint density at radius 2 is 1.89 bits per heavy atom. The molecule has 0 saturated heterocycles. The molecule has 0 saturated carbocycles. The molecule has 0 spiro atoms. The van der Waals surface area contributed by atoms with E-state index >= 15 is 0 Å². The van der Waals surface area contributed by atoms with Crippen LogP contribution in [0.2, 0.25) is 0 Å². The van der Waals surface area contributed by atoms with Crippen molar-refractivity contribution in [2.24, 2.45) is 5.92 Å². The van der Waals surface area contributed by atoms with Crippen LogP contribution in [0.3, 0.4) is 0 Å². The molecule has 0 aliphatic carbocycles. The molecule has 0 aliphatic rings. The van der Waals surface area contributed by atoms with Gasteiger partial charge in [0.15, 0.2) is 0 Å². The van der Waals surface area contributed by atoms with Crippen LogP contribution in [-0.4, -0.2) is 36.6 Å². The van der Waals surface area contributed by atoms with Gasteiger partial charge in [-0.15, -0.1) is 11.3 Å². The minimum Gasteiger partial charge on any atom is -0.310 e. The highest BCUT2D eigenvalue weighted by molar-refractivity contribution is 7.11. The molecule has 0 fully saturated rings. The maximum absolute atomic E-state index is 4.85. The number of thiazole rings is 1. The van der Waals surface area contributed by atoms with Crippen LogP contribution in [0, 0.1) is 5.92 Å². The van der Waals surface area contributed by atoms with E-state index in [1.807, 2.05) is 11.3 Å². The first-order valence-electron chi connectivity index (χ1n) is 7.24. The van der Waals surface area contributed by atoms with Crippen LogP contribution < -0.4 is 5.32 Å². The Morgan fingerprint density at radius 1 is 1.21 bits per heavy atom. The van der Waals surface area contributed by atoms with Crippen molar-refractivity contribution in [2.75, 3.05) is 20.6 Å². The monoisotopic (exact) mass is 283 g/mol. The molecule has 0 aliphatic heterocycles. The molecule has 1 aromatic heterocycles. The molecule has 1 N–H and O–H groups in total. The lowest BCUT2D eigenvalue weighted by Gasteiger charge is -2.08. The Labute approximate surface area is 122 Å². The van der Waals surface area contributed by atoms with Crippen LogP contribution in [0.1, 0.15) is 43.3 Å². The van der Waals surface area contributed by atoms with E-state index in [0.717, 1.165) is 25.9 Å². The van der Waals surface area contributed by atoms with E-state index in [2.05, 4.69) is 52.0 Å². The third-order valence-corrected chi connectivity index (χ3v) is 4.03. The van der Waals surface area contributed by atoms with Crippen LogP contribution in [-0.2, 0) is 19.4 Å². The van der Waals surface area contributed by atoms with Gasteiger partial charge < -0.3 is 10.2 Å². The number of nitrogens with one attached hydrogen (secondary N) is 1. The number of aromatic nitrogens is 1. The van der Waals surface area contributed by atoms with Gasteiger partial charge in [0, 0.05) is 30.4 Å². The maximum Gasteiger partial charge on any atom is 0.0944 e. The second-order valence-corrected chi connectivity index (χ2v) is 7.33. The van der Waals surface area contributed by atoms with Gasteiger partial charge in [-0.25, -0.2) is 4.98 Å². The zero-order valence-corrected chi connectivity index (χ0v) is 14.1. The van der Waals surface area contributed by atoms with Gasteiger partial charge in [0.25, 0.3) is 0 Å². The van der Waals surface area contributed by atoms with E-state index in [1.165, 1.54) is 15.6 Å². The molecular weight excluding hydrogens is 254 g/mol. The number of hydrogen-bond donors (Lipinski definition) is 1. The Kier molecular flexibility index (Phi) is 6.97. The summed E-state index contributed by atoms with van der Waals surface area (Å²) in [6, 6.07) is 0.527. The Morgan fingerprint density at radius 3 is 2.42 bits per heavy atom. The Hall–Kier alpha value is -0.450. The van der Waals surface area contributed by atoms with Gasteiger partial charge >= 0.3 is 0 Å². The standard InChI is InChI=1S/C15H29N3S/c1-11(2)9-13-14(10-16-12(3)4)19-15(17-13)7-8-18(5)6/h11-12,16H,7-10H2,1-6H3. The fourth-order valence-corrected chi connectivity index (χ4v) is 2.88. The second-order valence-electron chi connectivity index (χ2n) is 6.16. The van der Waals surface area contributed by atoms with Crippen molar-refractivity contribution in [3.8, 4) is 0 Å². The summed E-state index contributed by atoms with van der Waals surface area (Å²) >= 11 is 1.89. The summed E-state index contributed by atoms with van der Waals surface area (Å²) in [6.07, 6.45) is 2.15. The third-order valence-electron chi connectivity index (χ3n) is 2.87. The van der Waals surface area contributed by atoms with E-state index < -0.39 is 0 Å². The lowest BCUT2D eigenvalue weighted by Crippen LogP contribution is -2.22. The summed E-state index contributed by atoms with van der Waals surface area (Å²) < 4.78 is 0. The number of rotatable bonds is 8. The second kappa shape index (κ2) is 7.98. The van der Waals surface area contributed by atoms with Crippen molar-refractivity contribution in [1.29, 1.82) is 0 Å². The van der Waals surface area contributed by atoms with Crippen LogP contribution in [0.4, 0.5) is 0 Å². The van der Waals surface area contributed by atoms with Crippen LogP contribution in [0.15, 0.2) is 0 Å². The predicted octanol–water partition coefficient (Wildman–Crippen LogP) is 2.94. The minimum atomic E-state index is 0.527. The van der Waals surface area contributed by atoms with E-state index in [9.17, 15) is 0 Å². The summed E-state index contributed by atoms with van der Waals surface area (Å²) in [7, 11) is 4.23. The van der Waals surface area contributed by atoms with Crippen molar-refractivity contribution >= 4 is 11.3 Å². The van der Waals surface area contributed by atoms with Gasteiger partial charge in [0.05, 0.1) is 10.7 Å². The molecule has 0 radical (unpaired) electrons. The van der Waals surface area contributed by atoms with Crippen molar-refractivity contribution in [1.82, 2.24) is 15.2 Å². The first kappa shape index (κ1) is 16.6. The SMILES string of the molecule is CC(C)Cc1nc(CCN(C)C)sc1CNC(C)C. The Bertz CT molecular complexity index is 369. The molecule has 0 aromatic carbocycles. The zero-order chi connectivity index (χ0) is 14.4. The Balaban J connectivity index is 2.73. The number of hydrogen-bond acceptors (Lipinski definition) is 4. The molecule has 1 rings (SSSR count). The molecular formula is C15H29N3S. The molecule has 0 unspecified atom stereocenters. The van der Waals surface area contributed by atoms with Crippen LogP contribution >= 0.6 is 11.3 Å². The largest absolute Gasteiger partial charge is 0.310 e. The topological polar surface area (TPSA) is 28.2 Å². The van der Waals surface area contributed by atoms with Gasteiger partial charge in [-0.05, 0) is 26.4 Å². The van der Waals surface area contributed by atoms with E-state index in [0.29, 0.717) is 12.0 Å². The molecule has 3 nitrogen and oxygen atoms in total. The van der Waals surface area contributed by atoms with E-state index in [-0.39, 0.29) is 0 Å². The molecule has 110 valence electrons. The summed E-state index contributed by atoms with van der Waals surface area (Å²) in [5, 5.41) is 4.80. The number of likely N-dealkylation sites (N-methyl/N-ethyl adjacent to an activating group) is 1. The van der Waals surface area contributed by atoms with Gasteiger partial charge in [-0.1, -0.05) is 27.7 Å². The molecule has 0 atom stereocenters. The molecule has 0 amide bonds.